The van der Waals surface area contributed by atoms with Crippen LogP contribution in [0.1, 0.15) is 35.7 Å². The number of ether oxygens (including phenoxy) is 1. The van der Waals surface area contributed by atoms with E-state index in [-0.39, 0.29) is 6.61 Å². The van der Waals surface area contributed by atoms with Gasteiger partial charge in [0.15, 0.2) is 0 Å². The first-order valence-corrected chi connectivity index (χ1v) is 12.7. The van der Waals surface area contributed by atoms with E-state index in [1.165, 1.54) is 0 Å². The van der Waals surface area contributed by atoms with Crippen LogP contribution in [0.2, 0.25) is 0 Å². The van der Waals surface area contributed by atoms with E-state index in [0.717, 1.165) is 63.2 Å². The van der Waals surface area contributed by atoms with E-state index in [0.29, 0.717) is 24.8 Å². The average molecular weight is 509 g/mol. The van der Waals surface area contributed by atoms with E-state index >= 15 is 0 Å². The van der Waals surface area contributed by atoms with E-state index in [1.54, 1.807) is 18.5 Å². The molecule has 192 valence electrons. The number of hydrogen-bond donors (Lipinski definition) is 2. The van der Waals surface area contributed by atoms with Crippen LogP contribution >= 0.6 is 0 Å². The Balaban J connectivity index is 1.36. The molecule has 1 aliphatic rings. The van der Waals surface area contributed by atoms with E-state index in [1.807, 2.05) is 35.0 Å². The molecule has 1 aliphatic carbocycles. The number of aromatic nitrogens is 4. The molecule has 8 heteroatoms. The molecule has 0 bridgehead atoms. The van der Waals surface area contributed by atoms with E-state index in [4.69, 9.17) is 14.8 Å². The zero-order valence-corrected chi connectivity index (χ0v) is 21.0. The van der Waals surface area contributed by atoms with Crippen LogP contribution in [0.15, 0.2) is 73.2 Å². The number of para-hydroxylation sites is 1. The topological polar surface area (TPSA) is 102 Å². The average Bonchev–Trinajstić information content (AvgIpc) is 3.53. The summed E-state index contributed by atoms with van der Waals surface area (Å²) < 4.78 is 9.19. The third kappa shape index (κ3) is 4.66. The Labute approximate surface area is 219 Å². The lowest BCUT2D eigenvalue weighted by molar-refractivity contribution is 0.144. The Morgan fingerprint density at radius 2 is 1.87 bits per heavy atom. The highest BCUT2D eigenvalue weighted by Gasteiger charge is 2.30. The third-order valence-electron chi connectivity index (χ3n) is 6.99. The monoisotopic (exact) mass is 508 g/mol. The Morgan fingerprint density at radius 3 is 2.61 bits per heavy atom. The van der Waals surface area contributed by atoms with Gasteiger partial charge in [0.1, 0.15) is 11.6 Å². The number of nitrogens with zero attached hydrogens (tertiary/aromatic N) is 4. The van der Waals surface area contributed by atoms with Crippen molar-refractivity contribution in [1.82, 2.24) is 19.1 Å². The number of aliphatic hydroxyl groups excluding tert-OH is 1. The third-order valence-corrected chi connectivity index (χ3v) is 6.99. The fourth-order valence-corrected chi connectivity index (χ4v) is 4.99. The number of aliphatic hydroxyl groups is 1. The van der Waals surface area contributed by atoms with Crippen LogP contribution in [0.4, 0.5) is 4.79 Å². The summed E-state index contributed by atoms with van der Waals surface area (Å²) in [5, 5.41) is 18.3. The predicted octanol–water partition coefficient (Wildman–Crippen LogP) is 5.85. The summed E-state index contributed by atoms with van der Waals surface area (Å²) in [5.41, 5.74) is 7.86. The first-order chi connectivity index (χ1) is 18.5. The number of aryl methyl sites for hydroxylation is 1. The molecule has 0 saturated heterocycles. The summed E-state index contributed by atoms with van der Waals surface area (Å²) >= 11 is 0. The highest BCUT2D eigenvalue weighted by Crippen LogP contribution is 2.42. The Bertz CT molecular complexity index is 1630. The van der Waals surface area contributed by atoms with Crippen LogP contribution < -0.4 is 4.74 Å². The lowest BCUT2D eigenvalue weighted by Gasteiger charge is -2.12. The second-order valence-electron chi connectivity index (χ2n) is 9.77. The summed E-state index contributed by atoms with van der Waals surface area (Å²) in [6.07, 6.45) is 4.69. The molecule has 0 aliphatic heterocycles. The molecule has 2 N–H and O–H groups in total. The van der Waals surface area contributed by atoms with Crippen molar-refractivity contribution in [2.75, 3.05) is 6.61 Å². The zero-order chi connectivity index (χ0) is 26.2. The second-order valence-corrected chi connectivity index (χ2v) is 9.77. The molecule has 2 aromatic heterocycles. The van der Waals surface area contributed by atoms with Gasteiger partial charge in [-0.1, -0.05) is 42.5 Å². The Hall–Kier alpha value is -4.43. The number of carbonyl (C=O) groups is 1. The van der Waals surface area contributed by atoms with Crippen molar-refractivity contribution < 1.29 is 19.7 Å². The van der Waals surface area contributed by atoms with E-state index < -0.39 is 6.16 Å². The number of imidazole rings is 2. The second kappa shape index (κ2) is 9.79. The van der Waals surface area contributed by atoms with Crippen LogP contribution in [0, 0.1) is 6.92 Å². The van der Waals surface area contributed by atoms with Gasteiger partial charge in [-0.15, -0.1) is 0 Å². The molecular weight excluding hydrogens is 480 g/mol. The summed E-state index contributed by atoms with van der Waals surface area (Å²) in [6, 6.07) is 19.6. The molecule has 3 aromatic carbocycles. The normalized spacial score (nSPS) is 13.2. The summed E-state index contributed by atoms with van der Waals surface area (Å²) in [5.74, 6) is 1.91. The minimum Gasteiger partial charge on any atom is -0.449 e. The highest BCUT2D eigenvalue weighted by atomic mass is 16.7. The standard InChI is InChI=1S/C30H28N4O4/c1-19-14-23(25-17-33(12-13-35)18-31-25)15-26-28(19)32-29(22-10-11-22)34(26)16-20-6-8-21(9-7-20)24-4-2-3-5-27(24)38-30(36)37/h2-9,14-15,17-18,22,35H,10-13,16H2,1H3,(H,36,37). The van der Waals surface area contributed by atoms with Gasteiger partial charge in [0.05, 0.1) is 29.7 Å². The fourth-order valence-electron chi connectivity index (χ4n) is 4.99. The summed E-state index contributed by atoms with van der Waals surface area (Å²) in [4.78, 5) is 20.7. The number of hydrogen-bond acceptors (Lipinski definition) is 5. The van der Waals surface area contributed by atoms with Crippen LogP contribution in [0.25, 0.3) is 33.4 Å². The molecule has 1 fully saturated rings. The van der Waals surface area contributed by atoms with Crippen molar-refractivity contribution >= 4 is 17.2 Å². The fraction of sp³-hybridized carbons (Fsp3) is 0.233. The number of benzene rings is 3. The van der Waals surface area contributed by atoms with Gasteiger partial charge >= 0.3 is 6.16 Å². The van der Waals surface area contributed by atoms with Crippen LogP contribution in [-0.4, -0.2) is 42.1 Å². The molecule has 2 heterocycles. The molecule has 0 unspecified atom stereocenters. The summed E-state index contributed by atoms with van der Waals surface area (Å²) in [6.45, 7) is 3.36. The molecule has 38 heavy (non-hydrogen) atoms. The quantitative estimate of drug-likeness (QED) is 0.201. The molecule has 1 saturated carbocycles. The predicted molar refractivity (Wildman–Crippen MR) is 144 cm³/mol. The van der Waals surface area contributed by atoms with Gasteiger partial charge in [-0.2, -0.15) is 0 Å². The van der Waals surface area contributed by atoms with Gasteiger partial charge in [0.25, 0.3) is 0 Å². The Morgan fingerprint density at radius 1 is 1.08 bits per heavy atom. The van der Waals surface area contributed by atoms with Gasteiger partial charge in [0, 0.05) is 36.3 Å². The van der Waals surface area contributed by atoms with E-state index in [9.17, 15) is 9.90 Å². The van der Waals surface area contributed by atoms with Crippen molar-refractivity contribution in [2.45, 2.75) is 38.8 Å². The number of carboxylic acid groups (broad SMARTS) is 1. The van der Waals surface area contributed by atoms with Gasteiger partial charge < -0.3 is 24.1 Å². The van der Waals surface area contributed by atoms with Gasteiger partial charge in [-0.05, 0) is 54.7 Å². The minimum absolute atomic E-state index is 0.0718. The van der Waals surface area contributed by atoms with Gasteiger partial charge in [0.2, 0.25) is 0 Å². The first kappa shape index (κ1) is 23.9. The molecule has 8 nitrogen and oxygen atoms in total. The maximum absolute atomic E-state index is 11.1. The smallest absolute Gasteiger partial charge is 0.449 e. The zero-order valence-electron chi connectivity index (χ0n) is 21.0. The van der Waals surface area contributed by atoms with Crippen molar-refractivity contribution in [2.24, 2.45) is 0 Å². The largest absolute Gasteiger partial charge is 0.511 e. The van der Waals surface area contributed by atoms with Crippen molar-refractivity contribution in [1.29, 1.82) is 0 Å². The maximum Gasteiger partial charge on any atom is 0.511 e. The first-order valence-electron chi connectivity index (χ1n) is 12.7. The van der Waals surface area contributed by atoms with Crippen molar-refractivity contribution in [3.63, 3.8) is 0 Å². The lowest BCUT2D eigenvalue weighted by atomic mass is 10.0. The molecule has 0 radical (unpaired) electrons. The van der Waals surface area contributed by atoms with Crippen LogP contribution in [0.3, 0.4) is 0 Å². The van der Waals surface area contributed by atoms with Crippen molar-refractivity contribution in [3.05, 3.63) is 90.1 Å². The molecule has 6 rings (SSSR count). The van der Waals surface area contributed by atoms with Gasteiger partial charge in [-0.3, -0.25) is 0 Å². The molecule has 0 atom stereocenters. The number of fused-ring (bicyclic) bond motifs is 1. The minimum atomic E-state index is -1.33. The van der Waals surface area contributed by atoms with Crippen LogP contribution in [0.5, 0.6) is 5.75 Å². The van der Waals surface area contributed by atoms with Crippen molar-refractivity contribution in [3.8, 4) is 28.1 Å². The SMILES string of the molecule is Cc1cc(-c2cn(CCO)cn2)cc2c1nc(C1CC1)n2Cc1ccc(-c2ccccc2OC(=O)O)cc1. The lowest BCUT2D eigenvalue weighted by Crippen LogP contribution is -2.05. The molecule has 0 amide bonds. The molecule has 0 spiro atoms. The maximum atomic E-state index is 11.1. The van der Waals surface area contributed by atoms with E-state index in [2.05, 4.69) is 40.7 Å². The summed E-state index contributed by atoms with van der Waals surface area (Å²) in [7, 11) is 0. The van der Waals surface area contributed by atoms with Gasteiger partial charge in [-0.25, -0.2) is 14.8 Å². The molecule has 5 aromatic rings. The number of rotatable bonds is 8. The highest BCUT2D eigenvalue weighted by molar-refractivity contribution is 5.85. The Kier molecular flexibility index (Phi) is 6.17. The molecular formula is C30H28N4O4. The van der Waals surface area contributed by atoms with Crippen LogP contribution in [-0.2, 0) is 13.1 Å².